The van der Waals surface area contributed by atoms with Crippen LogP contribution in [0.2, 0.25) is 0 Å². The molecule has 0 spiro atoms. The number of nitrogens with one attached hydrogen (secondary N) is 1. The van der Waals surface area contributed by atoms with Crippen molar-refractivity contribution >= 4 is 15.7 Å². The second kappa shape index (κ2) is 4.87. The summed E-state index contributed by atoms with van der Waals surface area (Å²) in [4.78, 5) is 0.315. The molecule has 0 radical (unpaired) electrons. The van der Waals surface area contributed by atoms with Crippen molar-refractivity contribution in [2.24, 2.45) is 5.73 Å². The van der Waals surface area contributed by atoms with E-state index in [9.17, 15) is 8.42 Å². The Hall–Kier alpha value is -1.11. The molecule has 3 N–H and O–H groups in total. The SMILES string of the molecule is CN(C)S(=O)(=O)c1ccccc1NC1CC(N)C1. The molecule has 1 saturated carbocycles. The van der Waals surface area contributed by atoms with Crippen molar-refractivity contribution in [1.29, 1.82) is 0 Å². The van der Waals surface area contributed by atoms with Gasteiger partial charge in [-0.3, -0.25) is 0 Å². The second-order valence-electron chi connectivity index (χ2n) is 4.86. The molecule has 6 heteroatoms. The minimum atomic E-state index is -3.41. The number of rotatable bonds is 4. The van der Waals surface area contributed by atoms with Gasteiger partial charge in [-0.25, -0.2) is 12.7 Å². The Morgan fingerprint density at radius 1 is 1.28 bits per heavy atom. The standard InChI is InChI=1S/C12H19N3O2S/c1-15(2)18(16,17)12-6-4-3-5-11(12)14-10-7-9(13)8-10/h3-6,9-10,14H,7-8,13H2,1-2H3. The molecule has 18 heavy (non-hydrogen) atoms. The largest absolute Gasteiger partial charge is 0.381 e. The highest BCUT2D eigenvalue weighted by Crippen LogP contribution is 2.28. The Kier molecular flexibility index (Phi) is 3.61. The van der Waals surface area contributed by atoms with Crippen LogP contribution in [0.15, 0.2) is 29.2 Å². The van der Waals surface area contributed by atoms with E-state index < -0.39 is 10.0 Å². The van der Waals surface area contributed by atoms with Crippen LogP contribution in [0, 0.1) is 0 Å². The van der Waals surface area contributed by atoms with Crippen LogP contribution in [0.5, 0.6) is 0 Å². The molecule has 1 aliphatic carbocycles. The van der Waals surface area contributed by atoms with Crippen LogP contribution in [0.3, 0.4) is 0 Å². The number of benzene rings is 1. The lowest BCUT2D eigenvalue weighted by atomic mass is 9.87. The van der Waals surface area contributed by atoms with Crippen molar-refractivity contribution in [3.8, 4) is 0 Å². The predicted octanol–water partition coefficient (Wildman–Crippen LogP) is 0.839. The zero-order chi connectivity index (χ0) is 13.3. The summed E-state index contributed by atoms with van der Waals surface area (Å²) < 4.78 is 25.6. The summed E-state index contributed by atoms with van der Waals surface area (Å²) in [5.41, 5.74) is 6.38. The highest BCUT2D eigenvalue weighted by Gasteiger charge is 2.28. The van der Waals surface area contributed by atoms with Crippen molar-refractivity contribution in [3.05, 3.63) is 24.3 Å². The molecule has 1 aromatic rings. The Labute approximate surface area is 108 Å². The number of nitrogens with zero attached hydrogens (tertiary/aromatic N) is 1. The van der Waals surface area contributed by atoms with E-state index in [1.54, 1.807) is 18.2 Å². The van der Waals surface area contributed by atoms with Crippen LogP contribution in [-0.2, 0) is 10.0 Å². The maximum absolute atomic E-state index is 12.2. The number of hydrogen-bond acceptors (Lipinski definition) is 4. The third-order valence-electron chi connectivity index (χ3n) is 3.18. The maximum Gasteiger partial charge on any atom is 0.244 e. The molecule has 1 aromatic carbocycles. The topological polar surface area (TPSA) is 75.4 Å². The van der Waals surface area contributed by atoms with Crippen molar-refractivity contribution in [2.75, 3.05) is 19.4 Å². The summed E-state index contributed by atoms with van der Waals surface area (Å²) in [7, 11) is -0.345. The average Bonchev–Trinajstić information content (AvgIpc) is 2.27. The van der Waals surface area contributed by atoms with Crippen LogP contribution >= 0.6 is 0 Å². The monoisotopic (exact) mass is 269 g/mol. The molecule has 0 heterocycles. The minimum absolute atomic E-state index is 0.236. The molecule has 0 aliphatic heterocycles. The molecular formula is C12H19N3O2S. The normalized spacial score (nSPS) is 23.8. The molecule has 1 aliphatic rings. The first-order valence-corrected chi connectivity index (χ1v) is 7.39. The van der Waals surface area contributed by atoms with Gasteiger partial charge in [0.05, 0.1) is 5.69 Å². The molecule has 0 atom stereocenters. The number of anilines is 1. The molecule has 0 saturated heterocycles. The second-order valence-corrected chi connectivity index (χ2v) is 6.98. The Bertz CT molecular complexity index is 522. The smallest absolute Gasteiger partial charge is 0.244 e. The van der Waals surface area contributed by atoms with Crippen molar-refractivity contribution in [1.82, 2.24) is 4.31 Å². The maximum atomic E-state index is 12.2. The number of hydrogen-bond donors (Lipinski definition) is 2. The summed E-state index contributed by atoms with van der Waals surface area (Å²) in [6.45, 7) is 0. The van der Waals surface area contributed by atoms with E-state index in [0.717, 1.165) is 12.8 Å². The quantitative estimate of drug-likeness (QED) is 0.849. The van der Waals surface area contributed by atoms with Crippen LogP contribution in [0.25, 0.3) is 0 Å². The molecule has 2 rings (SSSR count). The Balaban J connectivity index is 2.26. The number of nitrogens with two attached hydrogens (primary N) is 1. The van der Waals surface area contributed by atoms with E-state index in [0.29, 0.717) is 10.6 Å². The summed E-state index contributed by atoms with van der Waals surface area (Å²) in [6, 6.07) is 7.49. The fourth-order valence-corrected chi connectivity index (χ4v) is 3.06. The molecule has 0 aromatic heterocycles. The minimum Gasteiger partial charge on any atom is -0.381 e. The van der Waals surface area contributed by atoms with Gasteiger partial charge in [0.2, 0.25) is 10.0 Å². The fourth-order valence-electron chi connectivity index (χ4n) is 2.01. The average molecular weight is 269 g/mol. The molecule has 0 unspecified atom stereocenters. The van der Waals surface area contributed by atoms with Gasteiger partial charge in [0.15, 0.2) is 0 Å². The van der Waals surface area contributed by atoms with Crippen LogP contribution in [0.1, 0.15) is 12.8 Å². The lowest BCUT2D eigenvalue weighted by Crippen LogP contribution is -2.44. The van der Waals surface area contributed by atoms with Gasteiger partial charge < -0.3 is 11.1 Å². The van der Waals surface area contributed by atoms with E-state index >= 15 is 0 Å². The molecule has 5 nitrogen and oxygen atoms in total. The fraction of sp³-hybridized carbons (Fsp3) is 0.500. The van der Waals surface area contributed by atoms with Gasteiger partial charge in [-0.2, -0.15) is 0 Å². The van der Waals surface area contributed by atoms with E-state index in [-0.39, 0.29) is 12.1 Å². The summed E-state index contributed by atoms with van der Waals surface area (Å²) >= 11 is 0. The first-order chi connectivity index (χ1) is 8.41. The number of para-hydroxylation sites is 1. The predicted molar refractivity (Wildman–Crippen MR) is 71.9 cm³/mol. The number of sulfonamides is 1. The van der Waals surface area contributed by atoms with E-state index in [1.807, 2.05) is 6.07 Å². The first kappa shape index (κ1) is 13.3. The van der Waals surface area contributed by atoms with Crippen LogP contribution in [0.4, 0.5) is 5.69 Å². The molecule has 0 bridgehead atoms. The molecular weight excluding hydrogens is 250 g/mol. The summed E-state index contributed by atoms with van der Waals surface area (Å²) in [5, 5.41) is 3.25. The zero-order valence-corrected chi connectivity index (χ0v) is 11.4. The Morgan fingerprint density at radius 3 is 2.44 bits per heavy atom. The third-order valence-corrected chi connectivity index (χ3v) is 5.05. The lowest BCUT2D eigenvalue weighted by Gasteiger charge is -2.34. The first-order valence-electron chi connectivity index (χ1n) is 5.95. The summed E-state index contributed by atoms with van der Waals surface area (Å²) in [6.07, 6.45) is 1.77. The van der Waals surface area contributed by atoms with Gasteiger partial charge in [0.1, 0.15) is 4.90 Å². The van der Waals surface area contributed by atoms with Gasteiger partial charge in [-0.15, -0.1) is 0 Å². The van der Waals surface area contributed by atoms with Gasteiger partial charge in [0.25, 0.3) is 0 Å². The van der Waals surface area contributed by atoms with Gasteiger partial charge in [0, 0.05) is 26.2 Å². The van der Waals surface area contributed by atoms with Gasteiger partial charge in [-0.1, -0.05) is 12.1 Å². The van der Waals surface area contributed by atoms with E-state index in [2.05, 4.69) is 5.32 Å². The zero-order valence-electron chi connectivity index (χ0n) is 10.6. The molecule has 100 valence electrons. The highest BCUT2D eigenvalue weighted by atomic mass is 32.2. The van der Waals surface area contributed by atoms with E-state index in [4.69, 9.17) is 5.73 Å². The van der Waals surface area contributed by atoms with Gasteiger partial charge in [-0.05, 0) is 25.0 Å². The van der Waals surface area contributed by atoms with E-state index in [1.165, 1.54) is 18.4 Å². The van der Waals surface area contributed by atoms with Gasteiger partial charge >= 0.3 is 0 Å². The van der Waals surface area contributed by atoms with Crippen LogP contribution < -0.4 is 11.1 Å². The van der Waals surface area contributed by atoms with Crippen molar-refractivity contribution in [3.63, 3.8) is 0 Å². The Morgan fingerprint density at radius 2 is 1.89 bits per heavy atom. The van der Waals surface area contributed by atoms with Crippen molar-refractivity contribution in [2.45, 2.75) is 29.8 Å². The molecule has 0 amide bonds. The van der Waals surface area contributed by atoms with Crippen molar-refractivity contribution < 1.29 is 8.42 Å². The lowest BCUT2D eigenvalue weighted by molar-refractivity contribution is 0.373. The van der Waals surface area contributed by atoms with Crippen LogP contribution in [-0.4, -0.2) is 38.9 Å². The highest BCUT2D eigenvalue weighted by molar-refractivity contribution is 7.89. The summed E-state index contributed by atoms with van der Waals surface area (Å²) in [5.74, 6) is 0. The third kappa shape index (κ3) is 2.50. The molecule has 1 fully saturated rings.